The summed E-state index contributed by atoms with van der Waals surface area (Å²) in [5, 5.41) is 16.7. The number of carbonyl (C=O) groups excluding carboxylic acids is 1. The number of thioether (sulfide) groups is 1. The molecule has 0 aliphatic carbocycles. The van der Waals surface area contributed by atoms with Crippen LogP contribution >= 0.6 is 11.8 Å². The topological polar surface area (TPSA) is 81.4 Å². The molecule has 0 aliphatic rings. The minimum Gasteiger partial charge on any atom is -0.481 e. The van der Waals surface area contributed by atoms with Gasteiger partial charge in [-0.2, -0.15) is 17.0 Å². The summed E-state index contributed by atoms with van der Waals surface area (Å²) in [5.74, 6) is -0.212. The van der Waals surface area contributed by atoms with E-state index in [1.165, 1.54) is 16.7 Å². The molecule has 0 aromatic carbocycles. The Morgan fingerprint density at radius 2 is 2.20 bits per heavy atom. The summed E-state index contributed by atoms with van der Waals surface area (Å²) in [7, 11) is 1.64. The fourth-order valence-electron chi connectivity index (χ4n) is 0.772. The van der Waals surface area contributed by atoms with Gasteiger partial charge in [0.25, 0.3) is 0 Å². The number of carboxylic acids is 1. The predicted octanol–water partition coefficient (Wildman–Crippen LogP) is 0.566. The molecule has 0 rings (SSSR count). The van der Waals surface area contributed by atoms with Crippen LogP contribution in [-0.4, -0.2) is 47.0 Å². The summed E-state index contributed by atoms with van der Waals surface area (Å²) in [6, 6.07) is 1.96. The van der Waals surface area contributed by atoms with E-state index in [-0.39, 0.29) is 18.1 Å². The van der Waals surface area contributed by atoms with Crippen molar-refractivity contribution in [3.8, 4) is 6.07 Å². The van der Waals surface area contributed by atoms with Gasteiger partial charge < -0.3 is 10.0 Å². The van der Waals surface area contributed by atoms with Crippen LogP contribution in [0.2, 0.25) is 0 Å². The third-order valence-electron chi connectivity index (χ3n) is 1.67. The molecule has 0 aromatic rings. The largest absolute Gasteiger partial charge is 0.481 e. The van der Waals surface area contributed by atoms with Crippen LogP contribution in [0.3, 0.4) is 0 Å². The van der Waals surface area contributed by atoms with E-state index in [1.807, 2.05) is 6.07 Å². The monoisotopic (exact) mass is 230 g/mol. The van der Waals surface area contributed by atoms with Crippen molar-refractivity contribution in [3.63, 3.8) is 0 Å². The first-order valence-electron chi connectivity index (χ1n) is 4.48. The lowest BCUT2D eigenvalue weighted by molar-refractivity contribution is -0.136. The number of carbonyl (C=O) groups is 2. The summed E-state index contributed by atoms with van der Waals surface area (Å²) in [4.78, 5) is 23.0. The zero-order valence-corrected chi connectivity index (χ0v) is 9.42. The minimum absolute atomic E-state index is 0.0689. The van der Waals surface area contributed by atoms with E-state index < -0.39 is 5.97 Å². The molecule has 0 bridgehead atoms. The number of carboxylic acid groups (broad SMARTS) is 1. The van der Waals surface area contributed by atoms with Crippen LogP contribution in [0.15, 0.2) is 0 Å². The van der Waals surface area contributed by atoms with Crippen LogP contribution in [0.1, 0.15) is 12.8 Å². The molecule has 0 radical (unpaired) electrons. The zero-order chi connectivity index (χ0) is 11.7. The quantitative estimate of drug-likeness (QED) is 0.646. The molecule has 84 valence electrons. The maximum Gasteiger partial charge on any atom is 0.304 e. The van der Waals surface area contributed by atoms with Gasteiger partial charge in [0.2, 0.25) is 5.91 Å². The molecule has 0 saturated heterocycles. The molecule has 0 fully saturated rings. The second kappa shape index (κ2) is 8.12. The zero-order valence-electron chi connectivity index (χ0n) is 8.60. The van der Waals surface area contributed by atoms with Crippen molar-refractivity contribution in [2.24, 2.45) is 0 Å². The van der Waals surface area contributed by atoms with Crippen molar-refractivity contribution in [2.75, 3.05) is 25.1 Å². The molecule has 0 heterocycles. The fourth-order valence-corrected chi connectivity index (χ4v) is 1.63. The molecule has 5 nitrogen and oxygen atoms in total. The Balaban J connectivity index is 3.56. The molecule has 0 atom stereocenters. The van der Waals surface area contributed by atoms with Crippen LogP contribution in [0.5, 0.6) is 0 Å². The highest BCUT2D eigenvalue weighted by Crippen LogP contribution is 2.04. The van der Waals surface area contributed by atoms with Gasteiger partial charge in [0, 0.05) is 19.3 Å². The van der Waals surface area contributed by atoms with E-state index in [9.17, 15) is 9.59 Å². The van der Waals surface area contributed by atoms with Crippen molar-refractivity contribution in [3.05, 3.63) is 0 Å². The smallest absolute Gasteiger partial charge is 0.304 e. The minimum atomic E-state index is -0.854. The average Bonchev–Trinajstić information content (AvgIpc) is 2.20. The number of rotatable bonds is 7. The van der Waals surface area contributed by atoms with Crippen molar-refractivity contribution < 1.29 is 14.7 Å². The summed E-state index contributed by atoms with van der Waals surface area (Å²) in [5.41, 5.74) is 0. The molecule has 0 aliphatic heterocycles. The van der Waals surface area contributed by atoms with E-state index in [0.29, 0.717) is 18.7 Å². The molecule has 0 unspecified atom stereocenters. The van der Waals surface area contributed by atoms with Gasteiger partial charge in [0.05, 0.1) is 24.7 Å². The SMILES string of the molecule is CN(CCC#N)C(=O)CSCCC(=O)O. The second-order valence-electron chi connectivity index (χ2n) is 2.92. The first-order valence-corrected chi connectivity index (χ1v) is 5.64. The Kier molecular flexibility index (Phi) is 7.46. The molecule has 1 N–H and O–H groups in total. The fraction of sp³-hybridized carbons (Fsp3) is 0.667. The van der Waals surface area contributed by atoms with Gasteiger partial charge in [-0.1, -0.05) is 0 Å². The molecular formula is C9H14N2O3S. The Morgan fingerprint density at radius 1 is 1.53 bits per heavy atom. The molecule has 6 heteroatoms. The Hall–Kier alpha value is -1.22. The van der Waals surface area contributed by atoms with Gasteiger partial charge in [-0.3, -0.25) is 9.59 Å². The van der Waals surface area contributed by atoms with Gasteiger partial charge >= 0.3 is 5.97 Å². The van der Waals surface area contributed by atoms with E-state index in [2.05, 4.69) is 0 Å². The van der Waals surface area contributed by atoms with E-state index in [0.717, 1.165) is 0 Å². The molecule has 0 aromatic heterocycles. The van der Waals surface area contributed by atoms with Gasteiger partial charge in [0.1, 0.15) is 0 Å². The van der Waals surface area contributed by atoms with E-state index in [4.69, 9.17) is 10.4 Å². The molecule has 0 spiro atoms. The van der Waals surface area contributed by atoms with Crippen LogP contribution in [0.25, 0.3) is 0 Å². The second-order valence-corrected chi connectivity index (χ2v) is 4.02. The van der Waals surface area contributed by atoms with Crippen LogP contribution < -0.4 is 0 Å². The number of hydrogen-bond donors (Lipinski definition) is 1. The number of hydrogen-bond acceptors (Lipinski definition) is 4. The Labute approximate surface area is 93.1 Å². The summed E-state index contributed by atoms with van der Waals surface area (Å²) >= 11 is 1.30. The lowest BCUT2D eigenvalue weighted by Gasteiger charge is -2.14. The highest BCUT2D eigenvalue weighted by Gasteiger charge is 2.08. The maximum absolute atomic E-state index is 11.3. The lowest BCUT2D eigenvalue weighted by Crippen LogP contribution is -2.29. The van der Waals surface area contributed by atoms with E-state index in [1.54, 1.807) is 7.05 Å². The van der Waals surface area contributed by atoms with Crippen LogP contribution in [0, 0.1) is 11.3 Å². The van der Waals surface area contributed by atoms with Crippen LogP contribution in [0.4, 0.5) is 0 Å². The standard InChI is InChI=1S/C9H14N2O3S/c1-11(5-2-4-10)8(12)7-15-6-3-9(13)14/h2-3,5-7H2,1H3,(H,13,14). The number of aliphatic carboxylic acids is 1. The highest BCUT2D eigenvalue weighted by atomic mass is 32.2. The number of nitrogens with zero attached hydrogens (tertiary/aromatic N) is 2. The van der Waals surface area contributed by atoms with E-state index >= 15 is 0 Å². The first-order chi connectivity index (χ1) is 7.07. The van der Waals surface area contributed by atoms with Gasteiger partial charge in [0.15, 0.2) is 0 Å². The molecular weight excluding hydrogens is 216 g/mol. The number of nitriles is 1. The van der Waals surface area contributed by atoms with Crippen molar-refractivity contribution in [2.45, 2.75) is 12.8 Å². The molecule has 1 amide bonds. The normalized spacial score (nSPS) is 9.33. The maximum atomic E-state index is 11.3. The summed E-state index contributed by atoms with van der Waals surface area (Å²) in [6.45, 7) is 0.425. The molecule has 0 saturated carbocycles. The van der Waals surface area contributed by atoms with Crippen LogP contribution in [-0.2, 0) is 9.59 Å². The van der Waals surface area contributed by atoms with Gasteiger partial charge in [-0.05, 0) is 0 Å². The Bertz CT molecular complexity index is 263. The Morgan fingerprint density at radius 3 is 2.73 bits per heavy atom. The average molecular weight is 230 g/mol. The highest BCUT2D eigenvalue weighted by molar-refractivity contribution is 7.99. The first kappa shape index (κ1) is 13.8. The van der Waals surface area contributed by atoms with Gasteiger partial charge in [-0.15, -0.1) is 0 Å². The summed E-state index contributed by atoms with van der Waals surface area (Å²) in [6.07, 6.45) is 0.391. The van der Waals surface area contributed by atoms with Crippen molar-refractivity contribution >= 4 is 23.6 Å². The number of amides is 1. The third kappa shape index (κ3) is 7.82. The lowest BCUT2D eigenvalue weighted by atomic mass is 10.4. The summed E-state index contributed by atoms with van der Waals surface area (Å²) < 4.78 is 0. The van der Waals surface area contributed by atoms with Crippen molar-refractivity contribution in [1.82, 2.24) is 4.90 Å². The molecule has 15 heavy (non-hydrogen) atoms. The predicted molar refractivity (Wildman–Crippen MR) is 57.4 cm³/mol. The van der Waals surface area contributed by atoms with Crippen molar-refractivity contribution in [1.29, 1.82) is 5.26 Å². The third-order valence-corrected chi connectivity index (χ3v) is 2.61. The van der Waals surface area contributed by atoms with Gasteiger partial charge in [-0.25, -0.2) is 0 Å².